The van der Waals surface area contributed by atoms with Crippen LogP contribution in [-0.4, -0.2) is 12.3 Å². The van der Waals surface area contributed by atoms with Crippen LogP contribution in [0.5, 0.6) is 0 Å². The molecule has 0 aromatic heterocycles. The molecule has 0 spiro atoms. The molecule has 0 radical (unpaired) electrons. The first-order valence-electron chi connectivity index (χ1n) is 14.1. The molecule has 1 nitrogen and oxygen atoms in total. The first-order chi connectivity index (χ1) is 18.8. The summed E-state index contributed by atoms with van der Waals surface area (Å²) >= 11 is 0. The van der Waals surface area contributed by atoms with E-state index in [1.54, 1.807) is 0 Å². The molecule has 0 aliphatic carbocycles. The second kappa shape index (κ2) is 15.4. The van der Waals surface area contributed by atoms with Crippen molar-refractivity contribution in [3.8, 4) is 0 Å². The minimum atomic E-state index is -1.72. The number of allylic oxidation sites excluding steroid dienone is 1. The maximum atomic E-state index is 6.32. The molecule has 0 amide bonds. The van der Waals surface area contributed by atoms with Crippen molar-refractivity contribution in [1.29, 1.82) is 0 Å². The van der Waals surface area contributed by atoms with E-state index < -0.39 is 7.26 Å². The molecular weight excluding hydrogens is 479 g/mol. The Morgan fingerprint density at radius 3 is 1.55 bits per heavy atom. The fourth-order valence-electron chi connectivity index (χ4n) is 5.36. The molecule has 0 bridgehead atoms. The van der Waals surface area contributed by atoms with Gasteiger partial charge in [-0.1, -0.05) is 104 Å². The van der Waals surface area contributed by atoms with Crippen LogP contribution in [0.1, 0.15) is 50.5 Å². The summed E-state index contributed by atoms with van der Waals surface area (Å²) < 4.78 is 6.32. The van der Waals surface area contributed by atoms with Gasteiger partial charge in [-0.15, -0.1) is 6.58 Å². The van der Waals surface area contributed by atoms with Gasteiger partial charge in [0, 0.05) is 0 Å². The highest BCUT2D eigenvalue weighted by Crippen LogP contribution is 2.56. The van der Waals surface area contributed by atoms with Crippen LogP contribution in [0.2, 0.25) is 0 Å². The van der Waals surface area contributed by atoms with Crippen LogP contribution in [0.4, 0.5) is 0 Å². The molecule has 4 rings (SSSR count). The molecule has 196 valence electrons. The molecule has 1 atom stereocenters. The molecule has 4 aromatic rings. The van der Waals surface area contributed by atoms with Crippen LogP contribution in [0.25, 0.3) is 0 Å². The second-order valence-corrected chi connectivity index (χ2v) is 13.6. The largest absolute Gasteiger partial charge is 0.374 e. The molecule has 4 aromatic carbocycles. The SMILES string of the molecule is C=CCCC(CCCCCC[P+](c1ccccc1)(c1ccccc1)c1ccccc1)OCc1ccccc1. The predicted molar refractivity (Wildman–Crippen MR) is 168 cm³/mol. The van der Waals surface area contributed by atoms with Gasteiger partial charge in [0.1, 0.15) is 23.2 Å². The van der Waals surface area contributed by atoms with Crippen LogP contribution in [0.3, 0.4) is 0 Å². The molecule has 0 heterocycles. The third-order valence-electron chi connectivity index (χ3n) is 7.38. The molecular formula is C36H42OP+. The van der Waals surface area contributed by atoms with E-state index in [1.165, 1.54) is 53.3 Å². The van der Waals surface area contributed by atoms with Gasteiger partial charge in [-0.25, -0.2) is 0 Å². The fourth-order valence-corrected chi connectivity index (χ4v) is 9.77. The molecule has 1 unspecified atom stereocenters. The Bertz CT molecular complexity index is 1080. The Morgan fingerprint density at radius 2 is 1.05 bits per heavy atom. The zero-order valence-electron chi connectivity index (χ0n) is 22.6. The lowest BCUT2D eigenvalue weighted by Gasteiger charge is -2.27. The minimum Gasteiger partial charge on any atom is -0.374 e. The summed E-state index contributed by atoms with van der Waals surface area (Å²) in [5.41, 5.74) is 1.25. The highest BCUT2D eigenvalue weighted by atomic mass is 31.2. The van der Waals surface area contributed by atoms with E-state index in [9.17, 15) is 0 Å². The van der Waals surface area contributed by atoms with Crippen LogP contribution >= 0.6 is 7.26 Å². The lowest BCUT2D eigenvalue weighted by Crippen LogP contribution is -2.33. The molecule has 0 N–H and O–H groups in total. The average Bonchev–Trinajstić information content (AvgIpc) is 3.00. The van der Waals surface area contributed by atoms with Gasteiger partial charge in [0.25, 0.3) is 0 Å². The van der Waals surface area contributed by atoms with Crippen molar-refractivity contribution < 1.29 is 4.74 Å². The van der Waals surface area contributed by atoms with E-state index in [1.807, 2.05) is 6.08 Å². The van der Waals surface area contributed by atoms with Gasteiger partial charge < -0.3 is 4.74 Å². The summed E-state index contributed by atoms with van der Waals surface area (Å²) in [6.45, 7) is 4.61. The van der Waals surface area contributed by atoms with Crippen molar-refractivity contribution in [1.82, 2.24) is 0 Å². The molecule has 2 heteroatoms. The van der Waals surface area contributed by atoms with Crippen molar-refractivity contribution in [3.63, 3.8) is 0 Å². The monoisotopic (exact) mass is 521 g/mol. The standard InChI is InChI=1S/C36H42OP/c1-2-3-22-33(37-31-32-20-10-6-11-21-32)23-12-4-5-19-30-38(34-24-13-7-14-25-34,35-26-15-8-16-27-35)36-28-17-9-18-29-36/h2,6-11,13-18,20-21,24-29,33H,1,3-5,12,19,22-23,30-31H2/q+1. The second-order valence-electron chi connectivity index (χ2n) is 10.0. The zero-order valence-corrected chi connectivity index (χ0v) is 23.5. The smallest absolute Gasteiger partial charge is 0.112 e. The quantitative estimate of drug-likeness (QED) is 0.0816. The summed E-state index contributed by atoms with van der Waals surface area (Å²) in [5.74, 6) is 0. The lowest BCUT2D eigenvalue weighted by atomic mass is 10.1. The van der Waals surface area contributed by atoms with Gasteiger partial charge in [-0.2, -0.15) is 0 Å². The third-order valence-corrected chi connectivity index (χ3v) is 11.9. The van der Waals surface area contributed by atoms with Gasteiger partial charge in [-0.05, 0) is 74.1 Å². The first kappa shape index (κ1) is 28.0. The summed E-state index contributed by atoms with van der Waals surface area (Å²) in [6, 6.07) is 44.2. The highest BCUT2D eigenvalue weighted by Gasteiger charge is 2.44. The number of ether oxygens (including phenoxy) is 1. The molecule has 0 saturated heterocycles. The van der Waals surface area contributed by atoms with E-state index in [2.05, 4.69) is 128 Å². The highest BCUT2D eigenvalue weighted by molar-refractivity contribution is 7.95. The topological polar surface area (TPSA) is 9.23 Å². The van der Waals surface area contributed by atoms with Gasteiger partial charge in [-0.3, -0.25) is 0 Å². The Kier molecular flexibility index (Phi) is 11.4. The summed E-state index contributed by atoms with van der Waals surface area (Å²) in [4.78, 5) is 0. The van der Waals surface area contributed by atoms with E-state index in [-0.39, 0.29) is 0 Å². The maximum absolute atomic E-state index is 6.32. The zero-order chi connectivity index (χ0) is 26.3. The number of unbranched alkanes of at least 4 members (excludes halogenated alkanes) is 3. The molecule has 38 heavy (non-hydrogen) atoms. The van der Waals surface area contributed by atoms with Crippen LogP contribution in [0.15, 0.2) is 134 Å². The third kappa shape index (κ3) is 7.76. The Hall–Kier alpha value is -2.99. The number of benzene rings is 4. The van der Waals surface area contributed by atoms with Crippen LogP contribution in [0, 0.1) is 0 Å². The summed E-state index contributed by atoms with van der Waals surface area (Å²) in [5, 5.41) is 4.45. The molecule has 0 aliphatic rings. The van der Waals surface area contributed by atoms with Crippen LogP contribution in [-0.2, 0) is 11.3 Å². The molecule has 0 saturated carbocycles. The predicted octanol–water partition coefficient (Wildman–Crippen LogP) is 8.48. The van der Waals surface area contributed by atoms with Crippen molar-refractivity contribution in [2.24, 2.45) is 0 Å². The lowest BCUT2D eigenvalue weighted by molar-refractivity contribution is 0.0284. The Balaban J connectivity index is 1.39. The van der Waals surface area contributed by atoms with Gasteiger partial charge in [0.2, 0.25) is 0 Å². The van der Waals surface area contributed by atoms with Crippen molar-refractivity contribution in [2.75, 3.05) is 6.16 Å². The summed E-state index contributed by atoms with van der Waals surface area (Å²) in [6.07, 6.45) is 11.7. The fraction of sp³-hybridized carbons (Fsp3) is 0.278. The minimum absolute atomic E-state index is 0.303. The molecule has 0 aliphatic heterocycles. The van der Waals surface area contributed by atoms with Gasteiger partial charge >= 0.3 is 0 Å². The maximum Gasteiger partial charge on any atom is 0.112 e. The number of hydrogen-bond donors (Lipinski definition) is 0. The summed E-state index contributed by atoms with van der Waals surface area (Å²) in [7, 11) is -1.72. The van der Waals surface area contributed by atoms with Crippen molar-refractivity contribution in [2.45, 2.75) is 57.7 Å². The first-order valence-corrected chi connectivity index (χ1v) is 16.1. The van der Waals surface area contributed by atoms with Crippen molar-refractivity contribution >= 4 is 23.2 Å². The Labute approximate surface area is 230 Å². The van der Waals surface area contributed by atoms with E-state index in [4.69, 9.17) is 4.74 Å². The molecule has 0 fully saturated rings. The number of hydrogen-bond acceptors (Lipinski definition) is 1. The van der Waals surface area contributed by atoms with Gasteiger partial charge in [0.15, 0.2) is 0 Å². The average molecular weight is 522 g/mol. The Morgan fingerprint density at radius 1 is 0.579 bits per heavy atom. The number of rotatable bonds is 16. The van der Waals surface area contributed by atoms with E-state index in [0.29, 0.717) is 12.7 Å². The van der Waals surface area contributed by atoms with E-state index >= 15 is 0 Å². The van der Waals surface area contributed by atoms with Crippen LogP contribution < -0.4 is 15.9 Å². The normalized spacial score (nSPS) is 12.2. The van der Waals surface area contributed by atoms with E-state index in [0.717, 1.165) is 19.3 Å². The van der Waals surface area contributed by atoms with Gasteiger partial charge in [0.05, 0.1) is 18.9 Å². The van der Waals surface area contributed by atoms with Crippen molar-refractivity contribution in [3.05, 3.63) is 140 Å².